The van der Waals surface area contributed by atoms with Gasteiger partial charge in [-0.1, -0.05) is 0 Å². The van der Waals surface area contributed by atoms with E-state index in [4.69, 9.17) is 10.00 Å². The summed E-state index contributed by atoms with van der Waals surface area (Å²) in [4.78, 5) is 10.3. The Balaban J connectivity index is 1.75. The number of nitriles is 1. The Bertz CT molecular complexity index is 412. The van der Waals surface area contributed by atoms with Gasteiger partial charge in [0.2, 0.25) is 0 Å². The van der Waals surface area contributed by atoms with Gasteiger partial charge in [0.1, 0.15) is 18.0 Å². The zero-order valence-electron chi connectivity index (χ0n) is 10.1. The van der Waals surface area contributed by atoms with Crippen LogP contribution in [0.3, 0.4) is 0 Å². The molecular weight excluding hydrogens is 232 g/mol. The van der Waals surface area contributed by atoms with Crippen LogP contribution in [0.1, 0.15) is 0 Å². The van der Waals surface area contributed by atoms with Gasteiger partial charge in [-0.2, -0.15) is 5.26 Å². The standard InChI is InChI=1S/C11H16N6O/c12-8-14-11-7-10(15-9-16-11)13-1-2-17-3-5-18-6-4-17/h7,9H,1-6H2,(H2,13,14,15,16). The fraction of sp³-hybridized carbons (Fsp3) is 0.545. The highest BCUT2D eigenvalue weighted by molar-refractivity contribution is 5.48. The first-order valence-electron chi connectivity index (χ1n) is 5.89. The van der Waals surface area contributed by atoms with Crippen LogP contribution in [0.2, 0.25) is 0 Å². The minimum absolute atomic E-state index is 0.501. The molecule has 1 saturated heterocycles. The van der Waals surface area contributed by atoms with Crippen molar-refractivity contribution in [3.63, 3.8) is 0 Å². The van der Waals surface area contributed by atoms with Gasteiger partial charge in [-0.3, -0.25) is 10.2 Å². The highest BCUT2D eigenvalue weighted by atomic mass is 16.5. The quantitative estimate of drug-likeness (QED) is 0.565. The predicted molar refractivity (Wildman–Crippen MR) is 67.0 cm³/mol. The summed E-state index contributed by atoms with van der Waals surface area (Å²) < 4.78 is 5.29. The van der Waals surface area contributed by atoms with Crippen LogP contribution in [-0.2, 0) is 4.74 Å². The molecule has 7 heteroatoms. The monoisotopic (exact) mass is 248 g/mol. The Labute approximate surface area is 106 Å². The lowest BCUT2D eigenvalue weighted by Gasteiger charge is -2.26. The van der Waals surface area contributed by atoms with Gasteiger partial charge >= 0.3 is 0 Å². The van der Waals surface area contributed by atoms with Gasteiger partial charge in [0.05, 0.1) is 13.2 Å². The summed E-state index contributed by atoms with van der Waals surface area (Å²) in [7, 11) is 0. The maximum Gasteiger partial charge on any atom is 0.182 e. The molecule has 1 aromatic heterocycles. The Morgan fingerprint density at radius 3 is 2.89 bits per heavy atom. The van der Waals surface area contributed by atoms with Crippen molar-refractivity contribution in [3.05, 3.63) is 12.4 Å². The van der Waals surface area contributed by atoms with Crippen LogP contribution in [0, 0.1) is 11.5 Å². The molecule has 0 saturated carbocycles. The Kier molecular flexibility index (Phi) is 4.69. The number of aromatic nitrogens is 2. The third-order valence-corrected chi connectivity index (χ3v) is 2.69. The van der Waals surface area contributed by atoms with Crippen molar-refractivity contribution in [3.8, 4) is 6.19 Å². The Morgan fingerprint density at radius 1 is 1.33 bits per heavy atom. The second-order valence-corrected chi connectivity index (χ2v) is 3.91. The molecule has 0 aliphatic carbocycles. The summed E-state index contributed by atoms with van der Waals surface area (Å²) >= 11 is 0. The van der Waals surface area contributed by atoms with Gasteiger partial charge in [0, 0.05) is 32.2 Å². The van der Waals surface area contributed by atoms with Gasteiger partial charge in [-0.05, 0) is 0 Å². The summed E-state index contributed by atoms with van der Waals surface area (Å²) in [6, 6.07) is 1.71. The molecule has 0 radical (unpaired) electrons. The first-order chi connectivity index (χ1) is 8.88. The minimum atomic E-state index is 0.501. The molecule has 0 spiro atoms. The van der Waals surface area contributed by atoms with Crippen molar-refractivity contribution in [1.82, 2.24) is 14.9 Å². The third-order valence-electron chi connectivity index (χ3n) is 2.69. The molecule has 1 aromatic rings. The number of rotatable bonds is 5. The lowest BCUT2D eigenvalue weighted by atomic mass is 10.4. The van der Waals surface area contributed by atoms with Crippen LogP contribution in [0.4, 0.5) is 11.6 Å². The number of hydrogen-bond acceptors (Lipinski definition) is 7. The number of ether oxygens (including phenoxy) is 1. The molecule has 2 rings (SSSR count). The van der Waals surface area contributed by atoms with Crippen LogP contribution >= 0.6 is 0 Å². The molecule has 0 aromatic carbocycles. The summed E-state index contributed by atoms with van der Waals surface area (Å²) in [5.41, 5.74) is 0. The molecule has 18 heavy (non-hydrogen) atoms. The lowest BCUT2D eigenvalue weighted by molar-refractivity contribution is 0.0398. The van der Waals surface area contributed by atoms with E-state index in [1.54, 1.807) is 6.07 Å². The first kappa shape index (κ1) is 12.5. The van der Waals surface area contributed by atoms with E-state index in [1.807, 2.05) is 6.19 Å². The predicted octanol–water partition coefficient (Wildman–Crippen LogP) is 0.114. The van der Waals surface area contributed by atoms with Gasteiger partial charge < -0.3 is 10.1 Å². The minimum Gasteiger partial charge on any atom is -0.379 e. The highest BCUT2D eigenvalue weighted by Gasteiger charge is 2.09. The molecule has 2 N–H and O–H groups in total. The van der Waals surface area contributed by atoms with Gasteiger partial charge in [0.15, 0.2) is 6.19 Å². The Morgan fingerprint density at radius 2 is 2.11 bits per heavy atom. The van der Waals surface area contributed by atoms with Crippen LogP contribution in [0.15, 0.2) is 12.4 Å². The van der Waals surface area contributed by atoms with Crippen LogP contribution in [-0.4, -0.2) is 54.3 Å². The number of anilines is 2. The summed E-state index contributed by atoms with van der Waals surface area (Å²) in [6.45, 7) is 5.34. The van der Waals surface area contributed by atoms with Gasteiger partial charge in [0.25, 0.3) is 0 Å². The first-order valence-corrected chi connectivity index (χ1v) is 5.89. The number of morpholine rings is 1. The summed E-state index contributed by atoms with van der Waals surface area (Å²) in [5, 5.41) is 14.2. The molecule has 0 bridgehead atoms. The normalized spacial score (nSPS) is 15.9. The SMILES string of the molecule is N#CNc1cc(NCCN2CCOCC2)ncn1. The largest absolute Gasteiger partial charge is 0.379 e. The van der Waals surface area contributed by atoms with E-state index in [1.165, 1.54) is 6.33 Å². The fourth-order valence-corrected chi connectivity index (χ4v) is 1.75. The average molecular weight is 248 g/mol. The van der Waals surface area contributed by atoms with E-state index in [-0.39, 0.29) is 0 Å². The molecule has 7 nitrogen and oxygen atoms in total. The van der Waals surface area contributed by atoms with Crippen LogP contribution < -0.4 is 10.6 Å². The summed E-state index contributed by atoms with van der Waals surface area (Å²) in [5.74, 6) is 1.22. The molecule has 1 aliphatic heterocycles. The van der Waals surface area contributed by atoms with E-state index in [0.29, 0.717) is 5.82 Å². The highest BCUT2D eigenvalue weighted by Crippen LogP contribution is 2.07. The van der Waals surface area contributed by atoms with Crippen molar-refractivity contribution < 1.29 is 4.74 Å². The molecule has 0 amide bonds. The molecule has 1 fully saturated rings. The van der Waals surface area contributed by atoms with Crippen molar-refractivity contribution >= 4 is 11.6 Å². The second kappa shape index (κ2) is 6.74. The zero-order valence-corrected chi connectivity index (χ0v) is 10.1. The average Bonchev–Trinajstić information content (AvgIpc) is 2.41. The maximum absolute atomic E-state index is 8.50. The molecule has 0 atom stereocenters. The Hall–Kier alpha value is -1.91. The lowest BCUT2D eigenvalue weighted by Crippen LogP contribution is -2.39. The molecule has 2 heterocycles. The van der Waals surface area contributed by atoms with E-state index in [2.05, 4.69) is 25.5 Å². The van der Waals surface area contributed by atoms with Crippen molar-refractivity contribution in [1.29, 1.82) is 5.26 Å². The van der Waals surface area contributed by atoms with E-state index >= 15 is 0 Å². The topological polar surface area (TPSA) is 86.1 Å². The van der Waals surface area contributed by atoms with E-state index in [0.717, 1.165) is 45.2 Å². The van der Waals surface area contributed by atoms with E-state index in [9.17, 15) is 0 Å². The number of nitrogens with zero attached hydrogens (tertiary/aromatic N) is 4. The zero-order chi connectivity index (χ0) is 12.6. The number of hydrogen-bond donors (Lipinski definition) is 2. The maximum atomic E-state index is 8.50. The second-order valence-electron chi connectivity index (χ2n) is 3.91. The third kappa shape index (κ3) is 3.84. The van der Waals surface area contributed by atoms with E-state index < -0.39 is 0 Å². The van der Waals surface area contributed by atoms with Crippen molar-refractivity contribution in [2.24, 2.45) is 0 Å². The van der Waals surface area contributed by atoms with Gasteiger partial charge in [-0.15, -0.1) is 0 Å². The molecule has 0 unspecified atom stereocenters. The summed E-state index contributed by atoms with van der Waals surface area (Å²) in [6.07, 6.45) is 3.26. The fourth-order valence-electron chi connectivity index (χ4n) is 1.75. The smallest absolute Gasteiger partial charge is 0.182 e. The van der Waals surface area contributed by atoms with Crippen molar-refractivity contribution in [2.75, 3.05) is 50.0 Å². The molecule has 1 aliphatic rings. The van der Waals surface area contributed by atoms with Crippen LogP contribution in [0.25, 0.3) is 0 Å². The number of nitrogens with one attached hydrogen (secondary N) is 2. The van der Waals surface area contributed by atoms with Crippen LogP contribution in [0.5, 0.6) is 0 Å². The molecular formula is C11H16N6O. The molecule has 96 valence electrons. The van der Waals surface area contributed by atoms with Crippen molar-refractivity contribution in [2.45, 2.75) is 0 Å². The van der Waals surface area contributed by atoms with Gasteiger partial charge in [-0.25, -0.2) is 9.97 Å².